The van der Waals surface area contributed by atoms with E-state index < -0.39 is 0 Å². The first-order chi connectivity index (χ1) is 7.81. The van der Waals surface area contributed by atoms with E-state index in [-0.39, 0.29) is 0 Å². The maximum absolute atomic E-state index is 4.38. The van der Waals surface area contributed by atoms with Crippen molar-refractivity contribution in [1.82, 2.24) is 4.98 Å². The Hall–Kier alpha value is -1.35. The van der Waals surface area contributed by atoms with Gasteiger partial charge in [-0.3, -0.25) is 4.98 Å². The molecule has 16 heavy (non-hydrogen) atoms. The normalized spacial score (nSPS) is 10.1. The third-order valence-corrected chi connectivity index (χ3v) is 2.98. The fourth-order valence-corrected chi connectivity index (χ4v) is 2.05. The zero-order valence-electron chi connectivity index (χ0n) is 9.07. The number of pyridine rings is 1. The van der Waals surface area contributed by atoms with Crippen LogP contribution in [0.3, 0.4) is 0 Å². The van der Waals surface area contributed by atoms with Crippen LogP contribution in [0.15, 0.2) is 47.1 Å². The van der Waals surface area contributed by atoms with E-state index >= 15 is 0 Å². The van der Waals surface area contributed by atoms with Gasteiger partial charge in [-0.25, -0.2) is 0 Å². The van der Waals surface area contributed by atoms with Crippen molar-refractivity contribution in [1.29, 1.82) is 0 Å². The Labute approximate surface area is 104 Å². The first-order valence-electron chi connectivity index (χ1n) is 5.26. The van der Waals surface area contributed by atoms with Crippen LogP contribution in [-0.4, -0.2) is 11.5 Å². The smallest absolute Gasteiger partial charge is 0.0733 e. The Morgan fingerprint density at radius 2 is 2.06 bits per heavy atom. The second kappa shape index (κ2) is 5.12. The minimum Gasteiger partial charge on any atom is -0.385 e. The molecule has 0 unspecified atom stereocenters. The van der Waals surface area contributed by atoms with Gasteiger partial charge < -0.3 is 5.32 Å². The molecule has 82 valence electrons. The molecular weight excluding hydrogens is 264 g/mol. The quantitative estimate of drug-likeness (QED) is 0.919. The SMILES string of the molecule is CCNc1ccnc(-c2ccccc2Br)c1. The van der Waals surface area contributed by atoms with E-state index in [4.69, 9.17) is 0 Å². The van der Waals surface area contributed by atoms with Gasteiger partial charge in [0, 0.05) is 28.5 Å². The van der Waals surface area contributed by atoms with E-state index in [9.17, 15) is 0 Å². The van der Waals surface area contributed by atoms with Gasteiger partial charge in [0.05, 0.1) is 5.69 Å². The van der Waals surface area contributed by atoms with Crippen molar-refractivity contribution >= 4 is 21.6 Å². The number of nitrogens with zero attached hydrogens (tertiary/aromatic N) is 1. The third-order valence-electron chi connectivity index (χ3n) is 2.29. The molecule has 2 aromatic rings. The summed E-state index contributed by atoms with van der Waals surface area (Å²) in [4.78, 5) is 4.38. The monoisotopic (exact) mass is 276 g/mol. The van der Waals surface area contributed by atoms with Crippen molar-refractivity contribution in [3.63, 3.8) is 0 Å². The zero-order valence-corrected chi connectivity index (χ0v) is 10.7. The van der Waals surface area contributed by atoms with Crippen LogP contribution < -0.4 is 5.32 Å². The predicted molar refractivity (Wildman–Crippen MR) is 71.5 cm³/mol. The fourth-order valence-electron chi connectivity index (χ4n) is 1.56. The second-order valence-corrected chi connectivity index (χ2v) is 4.29. The number of halogens is 1. The largest absolute Gasteiger partial charge is 0.385 e. The van der Waals surface area contributed by atoms with Gasteiger partial charge in [0.25, 0.3) is 0 Å². The van der Waals surface area contributed by atoms with Gasteiger partial charge in [-0.2, -0.15) is 0 Å². The number of rotatable bonds is 3. The molecule has 0 amide bonds. The van der Waals surface area contributed by atoms with Gasteiger partial charge in [-0.05, 0) is 25.1 Å². The molecule has 0 aliphatic carbocycles. The van der Waals surface area contributed by atoms with Crippen molar-refractivity contribution in [3.05, 3.63) is 47.1 Å². The first-order valence-corrected chi connectivity index (χ1v) is 6.05. The summed E-state index contributed by atoms with van der Waals surface area (Å²) < 4.78 is 1.07. The molecule has 1 N–H and O–H groups in total. The van der Waals surface area contributed by atoms with Gasteiger partial charge >= 0.3 is 0 Å². The Kier molecular flexibility index (Phi) is 3.57. The minimum atomic E-state index is 0.916. The van der Waals surface area contributed by atoms with Gasteiger partial charge in [0.2, 0.25) is 0 Å². The molecule has 1 heterocycles. The highest BCUT2D eigenvalue weighted by molar-refractivity contribution is 9.10. The maximum atomic E-state index is 4.38. The van der Waals surface area contributed by atoms with Crippen LogP contribution in [0.25, 0.3) is 11.3 Å². The lowest BCUT2D eigenvalue weighted by atomic mass is 10.1. The predicted octanol–water partition coefficient (Wildman–Crippen LogP) is 3.94. The lowest BCUT2D eigenvalue weighted by Gasteiger charge is -2.07. The average molecular weight is 277 g/mol. The number of benzene rings is 1. The van der Waals surface area contributed by atoms with Crippen LogP contribution in [0.4, 0.5) is 5.69 Å². The summed E-state index contributed by atoms with van der Waals surface area (Å²) in [5, 5.41) is 3.28. The molecule has 0 radical (unpaired) electrons. The lowest BCUT2D eigenvalue weighted by molar-refractivity contribution is 1.20. The highest BCUT2D eigenvalue weighted by Crippen LogP contribution is 2.27. The Morgan fingerprint density at radius 3 is 2.81 bits per heavy atom. The van der Waals surface area contributed by atoms with Crippen LogP contribution in [0.1, 0.15) is 6.92 Å². The number of anilines is 1. The highest BCUT2D eigenvalue weighted by atomic mass is 79.9. The third kappa shape index (κ3) is 2.42. The average Bonchev–Trinajstić information content (AvgIpc) is 2.30. The molecule has 0 spiro atoms. The van der Waals surface area contributed by atoms with Crippen molar-refractivity contribution < 1.29 is 0 Å². The summed E-state index contributed by atoms with van der Waals surface area (Å²) in [5.41, 5.74) is 3.19. The van der Waals surface area contributed by atoms with E-state index in [0.29, 0.717) is 0 Å². The van der Waals surface area contributed by atoms with Gasteiger partial charge in [-0.15, -0.1) is 0 Å². The first kappa shape index (κ1) is 11.1. The van der Waals surface area contributed by atoms with Gasteiger partial charge in [-0.1, -0.05) is 34.1 Å². The summed E-state index contributed by atoms with van der Waals surface area (Å²) in [6, 6.07) is 12.1. The van der Waals surface area contributed by atoms with Crippen molar-refractivity contribution in [2.24, 2.45) is 0 Å². The maximum Gasteiger partial charge on any atom is 0.0733 e. The topological polar surface area (TPSA) is 24.9 Å². The molecule has 0 aliphatic heterocycles. The molecule has 2 nitrogen and oxygen atoms in total. The van der Waals surface area contributed by atoms with Crippen molar-refractivity contribution in [2.75, 3.05) is 11.9 Å². The van der Waals surface area contributed by atoms with E-state index in [1.165, 1.54) is 0 Å². The van der Waals surface area contributed by atoms with E-state index in [1.54, 1.807) is 0 Å². The standard InChI is InChI=1S/C13H13BrN2/c1-2-15-10-7-8-16-13(9-10)11-5-3-4-6-12(11)14/h3-9H,2H2,1H3,(H,15,16). The molecule has 0 bridgehead atoms. The molecule has 0 aliphatic rings. The lowest BCUT2D eigenvalue weighted by Crippen LogP contribution is -1.97. The Balaban J connectivity index is 2.40. The molecule has 0 saturated carbocycles. The zero-order chi connectivity index (χ0) is 11.4. The molecule has 0 atom stereocenters. The summed E-state index contributed by atoms with van der Waals surface area (Å²) in [7, 11) is 0. The molecule has 3 heteroatoms. The van der Waals surface area contributed by atoms with Gasteiger partial charge in [0.15, 0.2) is 0 Å². The second-order valence-electron chi connectivity index (χ2n) is 3.44. The molecule has 2 rings (SSSR count). The Bertz CT molecular complexity index is 483. The highest BCUT2D eigenvalue weighted by Gasteiger charge is 2.03. The number of hydrogen-bond acceptors (Lipinski definition) is 2. The van der Waals surface area contributed by atoms with Crippen LogP contribution in [0.5, 0.6) is 0 Å². The van der Waals surface area contributed by atoms with Crippen LogP contribution in [-0.2, 0) is 0 Å². The van der Waals surface area contributed by atoms with Crippen LogP contribution in [0.2, 0.25) is 0 Å². The molecule has 1 aromatic heterocycles. The van der Waals surface area contributed by atoms with E-state index in [0.717, 1.165) is 28.0 Å². The summed E-state index contributed by atoms with van der Waals surface area (Å²) in [5.74, 6) is 0. The molecule has 0 saturated heterocycles. The summed E-state index contributed by atoms with van der Waals surface area (Å²) in [6.07, 6.45) is 1.83. The van der Waals surface area contributed by atoms with Crippen molar-refractivity contribution in [3.8, 4) is 11.3 Å². The Morgan fingerprint density at radius 1 is 1.25 bits per heavy atom. The minimum absolute atomic E-state index is 0.916. The van der Waals surface area contributed by atoms with E-state index in [1.807, 2.05) is 30.5 Å². The molecule has 0 fully saturated rings. The van der Waals surface area contributed by atoms with E-state index in [2.05, 4.69) is 45.3 Å². The molecular formula is C13H13BrN2. The van der Waals surface area contributed by atoms with Gasteiger partial charge in [0.1, 0.15) is 0 Å². The van der Waals surface area contributed by atoms with Crippen LogP contribution >= 0.6 is 15.9 Å². The number of nitrogens with one attached hydrogen (secondary N) is 1. The fraction of sp³-hybridized carbons (Fsp3) is 0.154. The number of hydrogen-bond donors (Lipinski definition) is 1. The summed E-state index contributed by atoms with van der Waals surface area (Å²) >= 11 is 3.54. The summed E-state index contributed by atoms with van der Waals surface area (Å²) in [6.45, 7) is 3.00. The molecule has 1 aromatic carbocycles. The van der Waals surface area contributed by atoms with Crippen LogP contribution in [0, 0.1) is 0 Å². The van der Waals surface area contributed by atoms with Crippen molar-refractivity contribution in [2.45, 2.75) is 6.92 Å². The number of aromatic nitrogens is 1.